The summed E-state index contributed by atoms with van der Waals surface area (Å²) in [4.78, 5) is 12.0. The zero-order valence-corrected chi connectivity index (χ0v) is 11.5. The lowest BCUT2D eigenvalue weighted by molar-refractivity contribution is -0.130. The SMILES string of the molecule is COCC(N)CCNC(=O)C1COc2ccccc2O1. The summed E-state index contributed by atoms with van der Waals surface area (Å²) >= 11 is 0. The summed E-state index contributed by atoms with van der Waals surface area (Å²) in [5, 5.41) is 2.79. The fraction of sp³-hybridized carbons (Fsp3) is 0.500. The van der Waals surface area contributed by atoms with E-state index in [-0.39, 0.29) is 18.6 Å². The van der Waals surface area contributed by atoms with Gasteiger partial charge in [0.1, 0.15) is 6.61 Å². The Bertz CT molecular complexity index is 453. The number of nitrogens with two attached hydrogens (primary N) is 1. The fourth-order valence-corrected chi connectivity index (χ4v) is 1.94. The molecule has 0 radical (unpaired) electrons. The van der Waals surface area contributed by atoms with Gasteiger partial charge in [-0.15, -0.1) is 0 Å². The number of methoxy groups -OCH3 is 1. The van der Waals surface area contributed by atoms with Gasteiger partial charge in [-0.05, 0) is 18.6 Å². The average molecular weight is 280 g/mol. The number of carbonyl (C=O) groups excluding carboxylic acids is 1. The van der Waals surface area contributed by atoms with E-state index in [4.69, 9.17) is 19.9 Å². The van der Waals surface area contributed by atoms with Crippen LogP contribution in [0.25, 0.3) is 0 Å². The Kier molecular flexibility index (Phi) is 5.20. The summed E-state index contributed by atoms with van der Waals surface area (Å²) in [6.07, 6.45) is 0.0348. The zero-order chi connectivity index (χ0) is 14.4. The van der Waals surface area contributed by atoms with Crippen molar-refractivity contribution in [2.45, 2.75) is 18.6 Å². The molecule has 1 aliphatic rings. The Morgan fingerprint density at radius 2 is 2.25 bits per heavy atom. The molecule has 0 aromatic heterocycles. The first-order chi connectivity index (χ1) is 9.70. The number of para-hydroxylation sites is 2. The number of amides is 1. The fourth-order valence-electron chi connectivity index (χ4n) is 1.94. The van der Waals surface area contributed by atoms with E-state index >= 15 is 0 Å². The van der Waals surface area contributed by atoms with Crippen LogP contribution in [0.5, 0.6) is 11.5 Å². The Balaban J connectivity index is 1.77. The molecule has 3 N–H and O–H groups in total. The molecule has 1 aromatic carbocycles. The number of ether oxygens (including phenoxy) is 3. The maximum absolute atomic E-state index is 12.0. The first-order valence-electron chi connectivity index (χ1n) is 6.61. The molecule has 1 aliphatic heterocycles. The van der Waals surface area contributed by atoms with Crippen LogP contribution in [0.1, 0.15) is 6.42 Å². The largest absolute Gasteiger partial charge is 0.485 e. The normalized spacial score (nSPS) is 18.4. The van der Waals surface area contributed by atoms with Gasteiger partial charge in [-0.3, -0.25) is 4.79 Å². The van der Waals surface area contributed by atoms with E-state index in [1.807, 2.05) is 18.2 Å². The van der Waals surface area contributed by atoms with Gasteiger partial charge in [0, 0.05) is 19.7 Å². The van der Waals surface area contributed by atoms with Gasteiger partial charge in [-0.25, -0.2) is 0 Å². The zero-order valence-electron chi connectivity index (χ0n) is 11.5. The molecule has 0 spiro atoms. The van der Waals surface area contributed by atoms with Crippen LogP contribution in [0.4, 0.5) is 0 Å². The Morgan fingerprint density at radius 3 is 3.00 bits per heavy atom. The molecule has 6 heteroatoms. The number of nitrogens with one attached hydrogen (secondary N) is 1. The summed E-state index contributed by atoms with van der Waals surface area (Å²) in [6, 6.07) is 7.22. The van der Waals surface area contributed by atoms with Crippen molar-refractivity contribution >= 4 is 5.91 Å². The number of carbonyl (C=O) groups is 1. The second-order valence-corrected chi connectivity index (χ2v) is 4.66. The lowest BCUT2D eigenvalue weighted by Gasteiger charge is -2.25. The second-order valence-electron chi connectivity index (χ2n) is 4.66. The van der Waals surface area contributed by atoms with Crippen molar-refractivity contribution < 1.29 is 19.0 Å². The molecule has 1 aromatic rings. The molecule has 1 amide bonds. The van der Waals surface area contributed by atoms with Crippen LogP contribution in [-0.4, -0.2) is 44.9 Å². The molecule has 0 fully saturated rings. The van der Waals surface area contributed by atoms with Crippen LogP contribution in [0.2, 0.25) is 0 Å². The summed E-state index contributed by atoms with van der Waals surface area (Å²) in [5.74, 6) is 1.07. The van der Waals surface area contributed by atoms with Gasteiger partial charge >= 0.3 is 0 Å². The molecule has 2 rings (SSSR count). The highest BCUT2D eigenvalue weighted by molar-refractivity contribution is 5.81. The predicted molar refractivity (Wildman–Crippen MR) is 73.8 cm³/mol. The van der Waals surface area contributed by atoms with Crippen molar-refractivity contribution in [3.05, 3.63) is 24.3 Å². The number of hydrogen-bond donors (Lipinski definition) is 2. The standard InChI is InChI=1S/C14H20N2O4/c1-18-8-10(15)6-7-16-14(17)13-9-19-11-4-2-3-5-12(11)20-13/h2-5,10,13H,6-9,15H2,1H3,(H,16,17). The van der Waals surface area contributed by atoms with Gasteiger partial charge in [0.05, 0.1) is 6.61 Å². The van der Waals surface area contributed by atoms with Gasteiger partial charge in [0.25, 0.3) is 5.91 Å². The number of fused-ring (bicyclic) bond motifs is 1. The van der Waals surface area contributed by atoms with Gasteiger partial charge in [-0.1, -0.05) is 12.1 Å². The Hall–Kier alpha value is -1.79. The lowest BCUT2D eigenvalue weighted by atomic mass is 10.2. The third-order valence-corrected chi connectivity index (χ3v) is 3.00. The first kappa shape index (κ1) is 14.6. The van der Waals surface area contributed by atoms with Crippen molar-refractivity contribution in [3.63, 3.8) is 0 Å². The third-order valence-electron chi connectivity index (χ3n) is 3.00. The highest BCUT2D eigenvalue weighted by atomic mass is 16.6. The molecule has 0 bridgehead atoms. The van der Waals surface area contributed by atoms with E-state index < -0.39 is 6.10 Å². The molecule has 6 nitrogen and oxygen atoms in total. The predicted octanol–water partition coefficient (Wildman–Crippen LogP) is 0.306. The maximum atomic E-state index is 12.0. The minimum absolute atomic E-state index is 0.0791. The minimum atomic E-state index is -0.622. The highest BCUT2D eigenvalue weighted by Crippen LogP contribution is 2.30. The molecule has 2 atom stereocenters. The summed E-state index contributed by atoms with van der Waals surface area (Å²) in [5.41, 5.74) is 5.78. The molecule has 110 valence electrons. The van der Waals surface area contributed by atoms with Gasteiger partial charge in [-0.2, -0.15) is 0 Å². The molecule has 0 saturated heterocycles. The van der Waals surface area contributed by atoms with Crippen molar-refractivity contribution in [3.8, 4) is 11.5 Å². The van der Waals surface area contributed by atoms with Crippen molar-refractivity contribution in [2.75, 3.05) is 26.9 Å². The van der Waals surface area contributed by atoms with Crippen LogP contribution < -0.4 is 20.5 Å². The number of hydrogen-bond acceptors (Lipinski definition) is 5. The van der Waals surface area contributed by atoms with E-state index in [9.17, 15) is 4.79 Å². The van der Waals surface area contributed by atoms with Crippen LogP contribution >= 0.6 is 0 Å². The summed E-state index contributed by atoms with van der Waals surface area (Å²) < 4.78 is 16.0. The molecule has 0 aliphatic carbocycles. The average Bonchev–Trinajstić information content (AvgIpc) is 2.47. The van der Waals surface area contributed by atoms with Crippen molar-refractivity contribution in [2.24, 2.45) is 5.73 Å². The molecule has 2 unspecified atom stereocenters. The Morgan fingerprint density at radius 1 is 1.50 bits per heavy atom. The molecular weight excluding hydrogens is 260 g/mol. The van der Waals surface area contributed by atoms with Crippen LogP contribution in [0.15, 0.2) is 24.3 Å². The maximum Gasteiger partial charge on any atom is 0.264 e. The van der Waals surface area contributed by atoms with Crippen LogP contribution in [0, 0.1) is 0 Å². The smallest absolute Gasteiger partial charge is 0.264 e. The van der Waals surface area contributed by atoms with Gasteiger partial charge < -0.3 is 25.3 Å². The molecule has 20 heavy (non-hydrogen) atoms. The van der Waals surface area contributed by atoms with E-state index in [1.165, 1.54) is 0 Å². The lowest BCUT2D eigenvalue weighted by Crippen LogP contribution is -2.45. The first-order valence-corrected chi connectivity index (χ1v) is 6.61. The summed E-state index contributed by atoms with van der Waals surface area (Å²) in [6.45, 7) is 1.18. The monoisotopic (exact) mass is 280 g/mol. The van der Waals surface area contributed by atoms with E-state index in [2.05, 4.69) is 5.32 Å². The van der Waals surface area contributed by atoms with Crippen molar-refractivity contribution in [1.29, 1.82) is 0 Å². The third kappa shape index (κ3) is 3.85. The molecule has 1 heterocycles. The Labute approximate surface area is 118 Å². The highest BCUT2D eigenvalue weighted by Gasteiger charge is 2.26. The molecule has 0 saturated carbocycles. The van der Waals surface area contributed by atoms with E-state index in [0.717, 1.165) is 0 Å². The molecular formula is C14H20N2O4. The van der Waals surface area contributed by atoms with E-state index in [1.54, 1.807) is 13.2 Å². The number of benzene rings is 1. The quantitative estimate of drug-likeness (QED) is 0.783. The topological polar surface area (TPSA) is 82.8 Å². The van der Waals surface area contributed by atoms with Crippen LogP contribution in [-0.2, 0) is 9.53 Å². The van der Waals surface area contributed by atoms with Gasteiger partial charge in [0.2, 0.25) is 6.10 Å². The van der Waals surface area contributed by atoms with Gasteiger partial charge in [0.15, 0.2) is 11.5 Å². The minimum Gasteiger partial charge on any atom is -0.485 e. The van der Waals surface area contributed by atoms with Crippen LogP contribution in [0.3, 0.4) is 0 Å². The summed E-state index contributed by atoms with van der Waals surface area (Å²) in [7, 11) is 1.60. The second kappa shape index (κ2) is 7.12. The van der Waals surface area contributed by atoms with E-state index in [0.29, 0.717) is 31.1 Å². The van der Waals surface area contributed by atoms with Crippen molar-refractivity contribution in [1.82, 2.24) is 5.32 Å². The number of rotatable bonds is 6.